The second-order valence-electron chi connectivity index (χ2n) is 8.48. The molecule has 2 heterocycles. The van der Waals surface area contributed by atoms with Crippen molar-refractivity contribution in [3.63, 3.8) is 0 Å². The van der Waals surface area contributed by atoms with Crippen LogP contribution in [0.15, 0.2) is 66.7 Å². The number of rotatable bonds is 6. The van der Waals surface area contributed by atoms with Crippen LogP contribution in [0.4, 0.5) is 10.5 Å². The summed E-state index contributed by atoms with van der Waals surface area (Å²) in [5.41, 5.74) is 10.3. The summed E-state index contributed by atoms with van der Waals surface area (Å²) in [5.74, 6) is 1.14. The number of nitrogens with zero attached hydrogens (tertiary/aromatic N) is 1. The topological polar surface area (TPSA) is 101 Å². The first-order valence-electron chi connectivity index (χ1n) is 11.5. The molecular formula is C27H26ClN3O4. The number of nitrogens with two attached hydrogens (primary N) is 1. The average Bonchev–Trinajstić information content (AvgIpc) is 3.23. The lowest BCUT2D eigenvalue weighted by Crippen LogP contribution is -2.42. The molecule has 180 valence electrons. The van der Waals surface area contributed by atoms with Crippen molar-refractivity contribution in [1.82, 2.24) is 9.88 Å². The third kappa shape index (κ3) is 4.78. The van der Waals surface area contributed by atoms with E-state index in [1.807, 2.05) is 42.5 Å². The fourth-order valence-corrected chi connectivity index (χ4v) is 4.67. The van der Waals surface area contributed by atoms with Gasteiger partial charge >= 0.3 is 6.09 Å². The Kier molecular flexibility index (Phi) is 6.53. The van der Waals surface area contributed by atoms with Gasteiger partial charge in [0.1, 0.15) is 17.5 Å². The Morgan fingerprint density at radius 3 is 2.57 bits per heavy atom. The van der Waals surface area contributed by atoms with Gasteiger partial charge in [-0.2, -0.15) is 0 Å². The number of aromatic amines is 1. The third-order valence-electron chi connectivity index (χ3n) is 6.18. The van der Waals surface area contributed by atoms with Crippen LogP contribution >= 0.6 is 11.6 Å². The van der Waals surface area contributed by atoms with Crippen LogP contribution in [0.25, 0.3) is 10.9 Å². The Morgan fingerprint density at radius 1 is 1.09 bits per heavy atom. The molecule has 1 aromatic heterocycles. The van der Waals surface area contributed by atoms with Crippen LogP contribution in [0.2, 0.25) is 5.02 Å². The molecule has 1 aliphatic heterocycles. The zero-order valence-electron chi connectivity index (χ0n) is 19.0. The molecule has 1 amide bonds. The summed E-state index contributed by atoms with van der Waals surface area (Å²) in [4.78, 5) is 18.6. The van der Waals surface area contributed by atoms with Crippen LogP contribution < -0.4 is 15.2 Å². The number of hydrogen-bond acceptors (Lipinski definition) is 5. The van der Waals surface area contributed by atoms with Crippen LogP contribution in [-0.2, 0) is 6.42 Å². The van der Waals surface area contributed by atoms with Crippen molar-refractivity contribution in [1.29, 1.82) is 0 Å². The van der Waals surface area contributed by atoms with E-state index in [1.165, 1.54) is 0 Å². The Hall–Kier alpha value is -3.68. The maximum absolute atomic E-state index is 13.3. The van der Waals surface area contributed by atoms with Gasteiger partial charge in [0, 0.05) is 46.9 Å². The highest BCUT2D eigenvalue weighted by Gasteiger charge is 2.35. The van der Waals surface area contributed by atoms with Gasteiger partial charge in [0.2, 0.25) is 0 Å². The van der Waals surface area contributed by atoms with E-state index in [9.17, 15) is 4.79 Å². The lowest BCUT2D eigenvalue weighted by atomic mass is 9.92. The van der Waals surface area contributed by atoms with E-state index in [0.29, 0.717) is 48.2 Å². The van der Waals surface area contributed by atoms with Gasteiger partial charge in [0.05, 0.1) is 6.61 Å². The van der Waals surface area contributed by atoms with Crippen molar-refractivity contribution in [3.8, 4) is 11.5 Å². The minimum atomic E-state index is -0.439. The largest absolute Gasteiger partial charge is 0.494 e. The Labute approximate surface area is 208 Å². The summed E-state index contributed by atoms with van der Waals surface area (Å²) in [5, 5.41) is 10.7. The molecule has 0 spiro atoms. The van der Waals surface area contributed by atoms with Gasteiger partial charge in [0.15, 0.2) is 0 Å². The van der Waals surface area contributed by atoms with Crippen molar-refractivity contribution in [2.75, 3.05) is 25.5 Å². The quantitative estimate of drug-likeness (QED) is 0.250. The first kappa shape index (κ1) is 23.1. The van der Waals surface area contributed by atoms with Gasteiger partial charge in [-0.25, -0.2) is 4.79 Å². The maximum atomic E-state index is 13.3. The van der Waals surface area contributed by atoms with Gasteiger partial charge in [-0.1, -0.05) is 23.7 Å². The number of fused-ring (bicyclic) bond motifs is 3. The number of carbonyl (C=O) groups is 1. The molecule has 7 nitrogen and oxygen atoms in total. The predicted molar refractivity (Wildman–Crippen MR) is 136 cm³/mol. The molecule has 35 heavy (non-hydrogen) atoms. The smallest absolute Gasteiger partial charge is 0.416 e. The molecule has 0 radical (unpaired) electrons. The Morgan fingerprint density at radius 2 is 1.83 bits per heavy atom. The molecule has 5 rings (SSSR count). The molecule has 4 N–H and O–H groups in total. The van der Waals surface area contributed by atoms with Crippen molar-refractivity contribution >= 4 is 34.3 Å². The van der Waals surface area contributed by atoms with Crippen molar-refractivity contribution in [3.05, 3.63) is 88.6 Å². The Balaban J connectivity index is 1.51. The van der Waals surface area contributed by atoms with E-state index in [1.54, 1.807) is 29.2 Å². The van der Waals surface area contributed by atoms with Gasteiger partial charge in [-0.3, -0.25) is 4.90 Å². The van der Waals surface area contributed by atoms with Crippen LogP contribution in [0.3, 0.4) is 0 Å². The highest BCUT2D eigenvalue weighted by atomic mass is 35.5. The highest BCUT2D eigenvalue weighted by molar-refractivity contribution is 6.31. The summed E-state index contributed by atoms with van der Waals surface area (Å²) >= 11 is 6.28. The molecule has 4 aromatic rings. The van der Waals surface area contributed by atoms with E-state index < -0.39 is 6.09 Å². The number of H-pyrrole nitrogens is 1. The zero-order chi connectivity index (χ0) is 24.4. The second-order valence-corrected chi connectivity index (χ2v) is 8.92. The van der Waals surface area contributed by atoms with Gasteiger partial charge in [-0.05, 0) is 72.1 Å². The predicted octanol–water partition coefficient (Wildman–Crippen LogP) is 5.31. The Bertz CT molecular complexity index is 1340. The monoisotopic (exact) mass is 491 g/mol. The molecule has 0 fully saturated rings. The molecule has 1 atom stereocenters. The van der Waals surface area contributed by atoms with Crippen LogP contribution in [-0.4, -0.2) is 40.8 Å². The number of anilines is 1. The van der Waals surface area contributed by atoms with E-state index >= 15 is 0 Å². The van der Waals surface area contributed by atoms with Gasteiger partial charge in [0.25, 0.3) is 0 Å². The molecule has 0 bridgehead atoms. The van der Waals surface area contributed by atoms with Crippen molar-refractivity contribution < 1.29 is 19.4 Å². The first-order chi connectivity index (χ1) is 17.0. The second kappa shape index (κ2) is 9.90. The molecule has 1 aliphatic rings. The van der Waals surface area contributed by atoms with Crippen LogP contribution in [0, 0.1) is 0 Å². The van der Waals surface area contributed by atoms with E-state index in [2.05, 4.69) is 4.98 Å². The number of carbonyl (C=O) groups excluding carboxylic acids is 1. The summed E-state index contributed by atoms with van der Waals surface area (Å²) in [6.45, 7) is 1.00. The molecule has 3 aromatic carbocycles. The van der Waals surface area contributed by atoms with Gasteiger partial charge < -0.3 is 25.3 Å². The molecule has 0 saturated carbocycles. The van der Waals surface area contributed by atoms with Crippen molar-refractivity contribution in [2.24, 2.45) is 0 Å². The molecule has 8 heteroatoms. The van der Waals surface area contributed by atoms with E-state index in [0.717, 1.165) is 27.7 Å². The maximum Gasteiger partial charge on any atom is 0.416 e. The van der Waals surface area contributed by atoms with Crippen LogP contribution in [0.5, 0.6) is 11.5 Å². The summed E-state index contributed by atoms with van der Waals surface area (Å²) in [6.07, 6.45) is 0.798. The average molecular weight is 492 g/mol. The fourth-order valence-electron chi connectivity index (χ4n) is 4.50. The number of halogens is 1. The molecule has 0 aliphatic carbocycles. The number of ether oxygens (including phenoxy) is 2. The van der Waals surface area contributed by atoms with Crippen molar-refractivity contribution in [2.45, 2.75) is 18.9 Å². The molecular weight excluding hydrogens is 466 g/mol. The SMILES string of the molecule is Nc1ccc(OC(=O)N2CCc3c([nH]c4ccc(Cl)cc34)C2c2ccc(OCCCO)cc2)cc1. The number of nitrogen functional groups attached to an aromatic ring is 1. The minimum absolute atomic E-state index is 0.0818. The standard InChI is InChI=1S/C27H26ClN3O4/c28-18-4-11-24-23(16-18)22-12-13-31(27(33)35-21-9-5-19(29)6-10-21)26(25(22)30-24)17-2-7-20(8-3-17)34-15-1-14-32/h2-11,16,26,30,32H,1,12-15,29H2. The van der Waals surface area contributed by atoms with E-state index in [4.69, 9.17) is 31.9 Å². The normalized spacial score (nSPS) is 15.1. The van der Waals surface area contributed by atoms with Crippen LogP contribution in [0.1, 0.15) is 29.3 Å². The molecule has 1 unspecified atom stereocenters. The number of nitrogens with one attached hydrogen (secondary N) is 1. The highest BCUT2D eigenvalue weighted by Crippen LogP contribution is 2.40. The lowest BCUT2D eigenvalue weighted by molar-refractivity contribution is 0.135. The number of aliphatic hydroxyl groups excluding tert-OH is 1. The fraction of sp³-hybridized carbons (Fsp3) is 0.222. The van der Waals surface area contributed by atoms with E-state index in [-0.39, 0.29) is 12.6 Å². The lowest BCUT2D eigenvalue weighted by Gasteiger charge is -2.35. The van der Waals surface area contributed by atoms with Gasteiger partial charge in [-0.15, -0.1) is 0 Å². The minimum Gasteiger partial charge on any atom is -0.494 e. The first-order valence-corrected chi connectivity index (χ1v) is 11.9. The summed E-state index contributed by atoms with van der Waals surface area (Å²) in [6, 6.07) is 19.8. The number of amides is 1. The number of benzene rings is 3. The number of aromatic nitrogens is 1. The number of hydrogen-bond donors (Lipinski definition) is 3. The summed E-state index contributed by atoms with van der Waals surface area (Å²) < 4.78 is 11.4. The number of aliphatic hydroxyl groups is 1. The third-order valence-corrected chi connectivity index (χ3v) is 6.41. The molecule has 0 saturated heterocycles. The zero-order valence-corrected chi connectivity index (χ0v) is 19.8. The summed E-state index contributed by atoms with van der Waals surface area (Å²) in [7, 11) is 0.